The van der Waals surface area contributed by atoms with Gasteiger partial charge in [-0.1, -0.05) is 72.1 Å². The maximum atomic E-state index is 12.4. The number of ether oxygens (including phenoxy) is 3. The number of hydrogen-bond donors (Lipinski definition) is 0. The molecule has 0 amide bonds. The fourth-order valence-corrected chi connectivity index (χ4v) is 3.47. The molecule has 4 heteroatoms. The van der Waals surface area contributed by atoms with Crippen molar-refractivity contribution < 1.29 is 19.0 Å². The zero-order valence-electron chi connectivity index (χ0n) is 20.8. The minimum absolute atomic E-state index is 0.380. The summed E-state index contributed by atoms with van der Waals surface area (Å²) in [6.45, 7) is 8.07. The average Bonchev–Trinajstić information content (AvgIpc) is 2.84. The van der Waals surface area contributed by atoms with Crippen molar-refractivity contribution in [2.45, 2.75) is 85.0 Å². The smallest absolute Gasteiger partial charge is 0.343 e. The zero-order chi connectivity index (χ0) is 23.7. The molecule has 0 aliphatic carbocycles. The first-order chi connectivity index (χ1) is 16.1. The van der Waals surface area contributed by atoms with Crippen LogP contribution >= 0.6 is 0 Å². The third-order valence-corrected chi connectivity index (χ3v) is 5.97. The van der Waals surface area contributed by atoms with Gasteiger partial charge in [-0.25, -0.2) is 4.79 Å². The topological polar surface area (TPSA) is 44.8 Å². The Morgan fingerprint density at radius 1 is 0.697 bits per heavy atom. The summed E-state index contributed by atoms with van der Waals surface area (Å²) in [6.07, 6.45) is 12.4. The second-order valence-electron chi connectivity index (χ2n) is 8.86. The van der Waals surface area contributed by atoms with E-state index in [2.05, 4.69) is 20.8 Å². The number of esters is 1. The lowest BCUT2D eigenvalue weighted by atomic mass is 10.1. The molecule has 33 heavy (non-hydrogen) atoms. The Bertz CT molecular complexity index is 767. The standard InChI is InChI=1S/C29H42O4/c1-4-6-7-8-9-10-11-12-22-31-26-15-13-25(14-16-26)29(30)33-28-19-17-27(18-20-28)32-23-21-24(3)5-2/h13-20,24H,4-12,21-23H2,1-3H3. The van der Waals surface area contributed by atoms with E-state index >= 15 is 0 Å². The number of rotatable bonds is 17. The SMILES string of the molecule is CCCCCCCCCCOc1ccc(C(=O)Oc2ccc(OCCC(C)CC)cc2)cc1. The van der Waals surface area contributed by atoms with E-state index < -0.39 is 0 Å². The summed E-state index contributed by atoms with van der Waals surface area (Å²) >= 11 is 0. The summed E-state index contributed by atoms with van der Waals surface area (Å²) < 4.78 is 17.0. The Morgan fingerprint density at radius 3 is 1.82 bits per heavy atom. The van der Waals surface area contributed by atoms with Crippen LogP contribution in [0.3, 0.4) is 0 Å². The lowest BCUT2D eigenvalue weighted by Gasteiger charge is -2.11. The zero-order valence-corrected chi connectivity index (χ0v) is 20.8. The van der Waals surface area contributed by atoms with E-state index in [1.807, 2.05) is 24.3 Å². The molecular formula is C29H42O4. The van der Waals surface area contributed by atoms with Gasteiger partial charge in [0.05, 0.1) is 18.8 Å². The molecule has 0 saturated heterocycles. The Hall–Kier alpha value is -2.49. The predicted octanol–water partition coefficient (Wildman–Crippen LogP) is 8.24. The number of carbonyl (C=O) groups is 1. The summed E-state index contributed by atoms with van der Waals surface area (Å²) in [7, 11) is 0. The molecule has 2 rings (SSSR count). The highest BCUT2D eigenvalue weighted by atomic mass is 16.5. The maximum absolute atomic E-state index is 12.4. The quantitative estimate of drug-likeness (QED) is 0.137. The lowest BCUT2D eigenvalue weighted by molar-refractivity contribution is 0.0734. The molecule has 1 unspecified atom stereocenters. The van der Waals surface area contributed by atoms with Crippen LogP contribution in [0.25, 0.3) is 0 Å². The molecule has 0 aliphatic heterocycles. The molecule has 0 fully saturated rings. The predicted molar refractivity (Wildman–Crippen MR) is 136 cm³/mol. The van der Waals surface area contributed by atoms with E-state index in [0.717, 1.165) is 30.8 Å². The minimum Gasteiger partial charge on any atom is -0.494 e. The fraction of sp³-hybridized carbons (Fsp3) is 0.552. The van der Waals surface area contributed by atoms with Crippen LogP contribution in [0.5, 0.6) is 17.2 Å². The van der Waals surface area contributed by atoms with Crippen LogP contribution in [-0.2, 0) is 0 Å². The second-order valence-corrected chi connectivity index (χ2v) is 8.86. The molecule has 2 aromatic rings. The molecular weight excluding hydrogens is 412 g/mol. The molecule has 4 nitrogen and oxygen atoms in total. The van der Waals surface area contributed by atoms with Crippen molar-refractivity contribution in [1.29, 1.82) is 0 Å². The van der Waals surface area contributed by atoms with Crippen molar-refractivity contribution >= 4 is 5.97 Å². The summed E-state index contributed by atoms with van der Waals surface area (Å²) in [5, 5.41) is 0. The molecule has 0 aliphatic rings. The molecule has 0 heterocycles. The van der Waals surface area contributed by atoms with E-state index in [-0.39, 0.29) is 5.97 Å². The largest absolute Gasteiger partial charge is 0.494 e. The number of hydrogen-bond acceptors (Lipinski definition) is 4. The lowest BCUT2D eigenvalue weighted by Crippen LogP contribution is -2.08. The molecule has 0 spiro atoms. The van der Waals surface area contributed by atoms with Crippen molar-refractivity contribution in [3.05, 3.63) is 54.1 Å². The first kappa shape index (κ1) is 26.8. The average molecular weight is 455 g/mol. The molecule has 0 saturated carbocycles. The van der Waals surface area contributed by atoms with Gasteiger partial charge in [-0.05, 0) is 67.3 Å². The molecule has 0 radical (unpaired) electrons. The van der Waals surface area contributed by atoms with Crippen LogP contribution in [0.15, 0.2) is 48.5 Å². The number of benzene rings is 2. The van der Waals surface area contributed by atoms with Crippen molar-refractivity contribution in [2.75, 3.05) is 13.2 Å². The van der Waals surface area contributed by atoms with Gasteiger partial charge in [0.15, 0.2) is 0 Å². The number of carbonyl (C=O) groups excluding carboxylic acids is 1. The third-order valence-electron chi connectivity index (χ3n) is 5.97. The highest BCUT2D eigenvalue weighted by Crippen LogP contribution is 2.20. The highest BCUT2D eigenvalue weighted by molar-refractivity contribution is 5.91. The Labute approximate surface area is 200 Å². The van der Waals surface area contributed by atoms with Crippen molar-refractivity contribution in [3.63, 3.8) is 0 Å². The Morgan fingerprint density at radius 2 is 1.21 bits per heavy atom. The number of unbranched alkanes of at least 4 members (excludes halogenated alkanes) is 7. The van der Waals surface area contributed by atoms with Crippen LogP contribution < -0.4 is 14.2 Å². The Balaban J connectivity index is 1.66. The summed E-state index contributed by atoms with van der Waals surface area (Å²) in [5.41, 5.74) is 0.503. The van der Waals surface area contributed by atoms with Crippen LogP contribution in [0, 0.1) is 5.92 Å². The van der Waals surface area contributed by atoms with Gasteiger partial charge in [-0.3, -0.25) is 0 Å². The van der Waals surface area contributed by atoms with Gasteiger partial charge in [-0.15, -0.1) is 0 Å². The van der Waals surface area contributed by atoms with E-state index in [9.17, 15) is 4.79 Å². The van der Waals surface area contributed by atoms with Gasteiger partial charge in [0.25, 0.3) is 0 Å². The van der Waals surface area contributed by atoms with Crippen LogP contribution in [0.2, 0.25) is 0 Å². The van der Waals surface area contributed by atoms with E-state index in [0.29, 0.717) is 30.4 Å². The second kappa shape index (κ2) is 16.2. The van der Waals surface area contributed by atoms with Crippen LogP contribution in [0.1, 0.15) is 95.3 Å². The van der Waals surface area contributed by atoms with Crippen molar-refractivity contribution in [1.82, 2.24) is 0 Å². The molecule has 182 valence electrons. The Kier molecular flexibility index (Phi) is 13.1. The summed E-state index contributed by atoms with van der Waals surface area (Å²) in [5.74, 6) is 2.36. The van der Waals surface area contributed by atoms with Gasteiger partial charge in [0.1, 0.15) is 17.2 Å². The van der Waals surface area contributed by atoms with Gasteiger partial charge in [0, 0.05) is 0 Å². The molecule has 1 atom stereocenters. The summed E-state index contributed by atoms with van der Waals surface area (Å²) in [6, 6.07) is 14.3. The molecule has 0 aromatic heterocycles. The van der Waals surface area contributed by atoms with Gasteiger partial charge < -0.3 is 14.2 Å². The minimum atomic E-state index is -0.380. The van der Waals surface area contributed by atoms with Crippen LogP contribution in [0.4, 0.5) is 0 Å². The van der Waals surface area contributed by atoms with E-state index in [1.165, 1.54) is 44.9 Å². The van der Waals surface area contributed by atoms with Crippen molar-refractivity contribution in [2.24, 2.45) is 5.92 Å². The normalized spacial score (nSPS) is 11.7. The van der Waals surface area contributed by atoms with E-state index in [1.54, 1.807) is 24.3 Å². The molecule has 0 bridgehead atoms. The van der Waals surface area contributed by atoms with Gasteiger partial charge in [-0.2, -0.15) is 0 Å². The maximum Gasteiger partial charge on any atom is 0.343 e. The first-order valence-corrected chi connectivity index (χ1v) is 12.8. The monoisotopic (exact) mass is 454 g/mol. The first-order valence-electron chi connectivity index (χ1n) is 12.8. The van der Waals surface area contributed by atoms with Gasteiger partial charge >= 0.3 is 5.97 Å². The molecule has 0 N–H and O–H groups in total. The fourth-order valence-electron chi connectivity index (χ4n) is 3.47. The van der Waals surface area contributed by atoms with Gasteiger partial charge in [0.2, 0.25) is 0 Å². The highest BCUT2D eigenvalue weighted by Gasteiger charge is 2.09. The third kappa shape index (κ3) is 11.3. The van der Waals surface area contributed by atoms with E-state index in [4.69, 9.17) is 14.2 Å². The molecule has 2 aromatic carbocycles. The van der Waals surface area contributed by atoms with Crippen molar-refractivity contribution in [3.8, 4) is 17.2 Å². The summed E-state index contributed by atoms with van der Waals surface area (Å²) in [4.78, 5) is 12.4. The van der Waals surface area contributed by atoms with Crippen LogP contribution in [-0.4, -0.2) is 19.2 Å².